The third kappa shape index (κ3) is 2.64. The van der Waals surface area contributed by atoms with E-state index in [1.54, 1.807) is 0 Å². The van der Waals surface area contributed by atoms with Gasteiger partial charge in [0.15, 0.2) is 0 Å². The van der Waals surface area contributed by atoms with Gasteiger partial charge in [-0.2, -0.15) is 0 Å². The Kier molecular flexibility index (Phi) is 3.64. The lowest BCUT2D eigenvalue weighted by molar-refractivity contribution is 0.573. The standard InChI is InChI=1S/C13H23N3/c1-9(2)14-8-12-15-10(3)13(16-12)11-6-4-5-7-11/h9,11,14H,4-8H2,1-3H3,(H,15,16). The smallest absolute Gasteiger partial charge is 0.120 e. The molecule has 0 aliphatic heterocycles. The summed E-state index contributed by atoms with van der Waals surface area (Å²) in [4.78, 5) is 8.15. The normalized spacial score (nSPS) is 17.5. The number of hydrogen-bond acceptors (Lipinski definition) is 2. The van der Waals surface area contributed by atoms with Crippen LogP contribution in [0.4, 0.5) is 0 Å². The molecule has 3 heteroatoms. The zero-order chi connectivity index (χ0) is 11.5. The second-order valence-corrected chi connectivity index (χ2v) is 5.21. The van der Waals surface area contributed by atoms with Crippen LogP contribution in [-0.2, 0) is 6.54 Å². The molecule has 1 aromatic heterocycles. The van der Waals surface area contributed by atoms with E-state index in [4.69, 9.17) is 4.98 Å². The van der Waals surface area contributed by atoms with Crippen LogP contribution in [0.5, 0.6) is 0 Å². The molecule has 16 heavy (non-hydrogen) atoms. The summed E-state index contributed by atoms with van der Waals surface area (Å²) < 4.78 is 0. The maximum atomic E-state index is 4.75. The number of nitrogens with zero attached hydrogens (tertiary/aromatic N) is 1. The van der Waals surface area contributed by atoms with Gasteiger partial charge in [0.1, 0.15) is 5.82 Å². The summed E-state index contributed by atoms with van der Waals surface area (Å²) in [6, 6.07) is 0.514. The molecule has 1 aromatic rings. The quantitative estimate of drug-likeness (QED) is 0.820. The van der Waals surface area contributed by atoms with Crippen LogP contribution in [0.1, 0.15) is 62.7 Å². The van der Waals surface area contributed by atoms with Gasteiger partial charge in [-0.15, -0.1) is 0 Å². The Hall–Kier alpha value is -0.830. The minimum atomic E-state index is 0.514. The van der Waals surface area contributed by atoms with Gasteiger partial charge in [0.2, 0.25) is 0 Å². The third-order valence-corrected chi connectivity index (χ3v) is 3.39. The van der Waals surface area contributed by atoms with E-state index in [-0.39, 0.29) is 0 Å². The molecule has 0 atom stereocenters. The predicted molar refractivity (Wildman–Crippen MR) is 66.5 cm³/mol. The Morgan fingerprint density at radius 1 is 1.38 bits per heavy atom. The van der Waals surface area contributed by atoms with E-state index in [0.29, 0.717) is 12.0 Å². The first kappa shape index (κ1) is 11.6. The summed E-state index contributed by atoms with van der Waals surface area (Å²) in [5.41, 5.74) is 2.59. The topological polar surface area (TPSA) is 40.7 Å². The highest BCUT2D eigenvalue weighted by Crippen LogP contribution is 2.34. The first-order valence-electron chi connectivity index (χ1n) is 6.45. The fourth-order valence-corrected chi connectivity index (χ4v) is 2.52. The predicted octanol–water partition coefficient (Wildman–Crippen LogP) is 2.87. The van der Waals surface area contributed by atoms with Crippen molar-refractivity contribution in [3.05, 3.63) is 17.2 Å². The molecule has 0 unspecified atom stereocenters. The van der Waals surface area contributed by atoms with Crippen molar-refractivity contribution in [2.24, 2.45) is 0 Å². The summed E-state index contributed by atoms with van der Waals surface area (Å²) >= 11 is 0. The minimum Gasteiger partial charge on any atom is -0.345 e. The van der Waals surface area contributed by atoms with Gasteiger partial charge in [-0.1, -0.05) is 26.7 Å². The van der Waals surface area contributed by atoms with Crippen molar-refractivity contribution in [3.63, 3.8) is 0 Å². The molecule has 2 rings (SSSR count). The van der Waals surface area contributed by atoms with Gasteiger partial charge in [0.05, 0.1) is 12.2 Å². The van der Waals surface area contributed by atoms with E-state index in [9.17, 15) is 0 Å². The molecule has 0 aromatic carbocycles. The van der Waals surface area contributed by atoms with Gasteiger partial charge >= 0.3 is 0 Å². The van der Waals surface area contributed by atoms with Crippen LogP contribution in [0.25, 0.3) is 0 Å². The van der Waals surface area contributed by atoms with Gasteiger partial charge in [0, 0.05) is 17.7 Å². The molecule has 0 amide bonds. The molecule has 90 valence electrons. The van der Waals surface area contributed by atoms with Gasteiger partial charge in [-0.3, -0.25) is 0 Å². The zero-order valence-corrected chi connectivity index (χ0v) is 10.6. The molecule has 0 saturated heterocycles. The van der Waals surface area contributed by atoms with Crippen molar-refractivity contribution < 1.29 is 0 Å². The average molecular weight is 221 g/mol. The molecule has 0 spiro atoms. The number of H-pyrrole nitrogens is 1. The molecule has 0 bridgehead atoms. The van der Waals surface area contributed by atoms with Crippen molar-refractivity contribution in [3.8, 4) is 0 Å². The lowest BCUT2D eigenvalue weighted by atomic mass is 10.0. The molecule has 1 heterocycles. The molecular formula is C13H23N3. The lowest BCUT2D eigenvalue weighted by Crippen LogP contribution is -2.22. The number of rotatable bonds is 4. The number of aromatic amines is 1. The average Bonchev–Trinajstić information content (AvgIpc) is 2.83. The largest absolute Gasteiger partial charge is 0.345 e. The van der Waals surface area contributed by atoms with Crippen LogP contribution >= 0.6 is 0 Å². The van der Waals surface area contributed by atoms with Crippen molar-refractivity contribution in [1.82, 2.24) is 15.3 Å². The minimum absolute atomic E-state index is 0.514. The maximum Gasteiger partial charge on any atom is 0.120 e. The van der Waals surface area contributed by atoms with E-state index in [0.717, 1.165) is 12.4 Å². The molecular weight excluding hydrogens is 198 g/mol. The summed E-state index contributed by atoms with van der Waals surface area (Å²) in [6.45, 7) is 7.33. The van der Waals surface area contributed by atoms with E-state index >= 15 is 0 Å². The number of hydrogen-bond donors (Lipinski definition) is 2. The van der Waals surface area contributed by atoms with Crippen molar-refractivity contribution >= 4 is 0 Å². The van der Waals surface area contributed by atoms with Crippen LogP contribution < -0.4 is 5.32 Å². The summed E-state index contributed by atoms with van der Waals surface area (Å²) in [5.74, 6) is 1.80. The van der Waals surface area contributed by atoms with Gasteiger partial charge in [-0.05, 0) is 19.8 Å². The Bertz CT molecular complexity index is 335. The summed E-state index contributed by atoms with van der Waals surface area (Å²) in [7, 11) is 0. The van der Waals surface area contributed by atoms with Crippen LogP contribution in [-0.4, -0.2) is 16.0 Å². The van der Waals surface area contributed by atoms with Gasteiger partial charge in [-0.25, -0.2) is 4.98 Å². The van der Waals surface area contributed by atoms with E-state index in [1.165, 1.54) is 37.1 Å². The number of imidazole rings is 1. The Morgan fingerprint density at radius 2 is 2.06 bits per heavy atom. The van der Waals surface area contributed by atoms with Crippen molar-refractivity contribution in [2.75, 3.05) is 0 Å². The molecule has 1 saturated carbocycles. The van der Waals surface area contributed by atoms with Crippen LogP contribution in [0.15, 0.2) is 0 Å². The van der Waals surface area contributed by atoms with E-state index < -0.39 is 0 Å². The monoisotopic (exact) mass is 221 g/mol. The Morgan fingerprint density at radius 3 is 2.69 bits per heavy atom. The van der Waals surface area contributed by atoms with Crippen LogP contribution in [0.2, 0.25) is 0 Å². The molecule has 2 N–H and O–H groups in total. The van der Waals surface area contributed by atoms with Crippen LogP contribution in [0.3, 0.4) is 0 Å². The van der Waals surface area contributed by atoms with Gasteiger partial charge in [0.25, 0.3) is 0 Å². The zero-order valence-electron chi connectivity index (χ0n) is 10.6. The summed E-state index contributed by atoms with van der Waals surface area (Å²) in [5, 5.41) is 3.40. The highest BCUT2D eigenvalue weighted by molar-refractivity contribution is 5.18. The number of aryl methyl sites for hydroxylation is 1. The Labute approximate surface area is 98.1 Å². The Balaban J connectivity index is 2.03. The SMILES string of the molecule is Cc1[nH]c(CNC(C)C)nc1C1CCCC1. The molecule has 0 radical (unpaired) electrons. The number of aromatic nitrogens is 2. The second-order valence-electron chi connectivity index (χ2n) is 5.21. The third-order valence-electron chi connectivity index (χ3n) is 3.39. The molecule has 1 fully saturated rings. The fraction of sp³-hybridized carbons (Fsp3) is 0.769. The molecule has 1 aliphatic carbocycles. The van der Waals surface area contributed by atoms with Crippen LogP contribution in [0, 0.1) is 6.92 Å². The van der Waals surface area contributed by atoms with Crippen molar-refractivity contribution in [2.45, 2.75) is 65.0 Å². The fourth-order valence-electron chi connectivity index (χ4n) is 2.52. The second kappa shape index (κ2) is 5.00. The molecule has 1 aliphatic rings. The maximum absolute atomic E-state index is 4.75. The first-order chi connectivity index (χ1) is 7.66. The summed E-state index contributed by atoms with van der Waals surface area (Å²) in [6.07, 6.45) is 5.39. The van der Waals surface area contributed by atoms with Crippen molar-refractivity contribution in [1.29, 1.82) is 0 Å². The van der Waals surface area contributed by atoms with E-state index in [2.05, 4.69) is 31.1 Å². The number of nitrogens with one attached hydrogen (secondary N) is 2. The lowest BCUT2D eigenvalue weighted by Gasteiger charge is -2.06. The highest BCUT2D eigenvalue weighted by atomic mass is 15.0. The highest BCUT2D eigenvalue weighted by Gasteiger charge is 2.21. The first-order valence-corrected chi connectivity index (χ1v) is 6.45. The van der Waals surface area contributed by atoms with Gasteiger partial charge < -0.3 is 10.3 Å². The van der Waals surface area contributed by atoms with E-state index in [1.807, 2.05) is 0 Å². The molecule has 3 nitrogen and oxygen atoms in total.